The third-order valence-corrected chi connectivity index (χ3v) is 9.18. The van der Waals surface area contributed by atoms with Crippen LogP contribution in [0.4, 0.5) is 0 Å². The zero-order valence-corrected chi connectivity index (χ0v) is 15.1. The summed E-state index contributed by atoms with van der Waals surface area (Å²) in [5.41, 5.74) is 1.36. The summed E-state index contributed by atoms with van der Waals surface area (Å²) in [7, 11) is -1.96. The molecule has 0 aromatic carbocycles. The lowest BCUT2D eigenvalue weighted by Crippen LogP contribution is -2.44. The lowest BCUT2D eigenvalue weighted by Gasteiger charge is -2.39. The molecule has 0 saturated heterocycles. The van der Waals surface area contributed by atoms with E-state index in [-0.39, 0.29) is 17.6 Å². The molecule has 120 valence electrons. The van der Waals surface area contributed by atoms with E-state index >= 15 is 0 Å². The van der Waals surface area contributed by atoms with Crippen LogP contribution in [0.2, 0.25) is 18.1 Å². The van der Waals surface area contributed by atoms with Gasteiger partial charge in [-0.15, -0.1) is 4.91 Å². The quantitative estimate of drug-likeness (QED) is 0.396. The molecule has 0 fully saturated rings. The van der Waals surface area contributed by atoms with Gasteiger partial charge in [-0.25, -0.2) is 0 Å². The van der Waals surface area contributed by atoms with Crippen molar-refractivity contribution in [3.05, 3.63) is 16.6 Å². The zero-order valence-electron chi connectivity index (χ0n) is 14.1. The van der Waals surface area contributed by atoms with Gasteiger partial charge in [0.05, 0.1) is 12.5 Å². The Hall–Kier alpha value is -0.813. The largest absolute Gasteiger partial charge is 0.413 e. The van der Waals surface area contributed by atoms with Crippen LogP contribution in [0, 0.1) is 4.91 Å². The van der Waals surface area contributed by atoms with Crippen LogP contribution in [0.5, 0.6) is 0 Å². The lowest BCUT2D eigenvalue weighted by atomic mass is 9.94. The number of carbonyl (C=O) groups excluding carboxylic acids is 1. The third-order valence-electron chi connectivity index (χ3n) is 4.65. The highest BCUT2D eigenvalue weighted by molar-refractivity contribution is 6.74. The minimum absolute atomic E-state index is 0.0872. The first-order valence-corrected chi connectivity index (χ1v) is 10.8. The first-order chi connectivity index (χ1) is 9.65. The molecule has 1 unspecified atom stereocenters. The zero-order chi connectivity index (χ0) is 16.1. The van der Waals surface area contributed by atoms with E-state index in [1.165, 1.54) is 18.4 Å². The van der Waals surface area contributed by atoms with Crippen molar-refractivity contribution in [2.24, 2.45) is 5.18 Å². The number of allylic oxidation sites excluding steroid dienone is 1. The standard InChI is InChI=1S/C16H29NO3Si/c1-16(2,3)21(4,5)20-14(12-15(18)17-19)11-13-9-7-6-8-10-13/h9,14H,6-8,10-12H2,1-5H3. The monoisotopic (exact) mass is 311 g/mol. The van der Waals surface area contributed by atoms with Crippen LogP contribution in [0.15, 0.2) is 16.8 Å². The molecule has 0 radical (unpaired) electrons. The maximum Gasteiger partial charge on any atom is 0.288 e. The Kier molecular flexibility index (Phi) is 6.47. The predicted octanol–water partition coefficient (Wildman–Crippen LogP) is 4.95. The molecule has 1 rings (SSSR count). The Labute approximate surface area is 129 Å². The highest BCUT2D eigenvalue weighted by Gasteiger charge is 2.39. The molecule has 1 aliphatic rings. The van der Waals surface area contributed by atoms with Gasteiger partial charge in [0.2, 0.25) is 0 Å². The van der Waals surface area contributed by atoms with E-state index in [2.05, 4.69) is 45.1 Å². The van der Waals surface area contributed by atoms with Crippen molar-refractivity contribution in [2.75, 3.05) is 0 Å². The van der Waals surface area contributed by atoms with Crippen molar-refractivity contribution in [3.8, 4) is 0 Å². The Bertz CT molecular complexity index is 410. The molecule has 1 amide bonds. The molecule has 1 aliphatic carbocycles. The smallest absolute Gasteiger partial charge is 0.288 e. The highest BCUT2D eigenvalue weighted by Crippen LogP contribution is 2.38. The molecule has 0 saturated carbocycles. The first kappa shape index (κ1) is 18.2. The molecule has 0 spiro atoms. The second kappa shape index (κ2) is 7.45. The third kappa shape index (κ3) is 5.83. The van der Waals surface area contributed by atoms with Gasteiger partial charge in [-0.1, -0.05) is 32.4 Å². The molecule has 0 N–H and O–H groups in total. The topological polar surface area (TPSA) is 55.7 Å². The van der Waals surface area contributed by atoms with Crippen molar-refractivity contribution in [3.63, 3.8) is 0 Å². The maximum absolute atomic E-state index is 11.4. The summed E-state index contributed by atoms with van der Waals surface area (Å²) in [4.78, 5) is 21.9. The first-order valence-electron chi connectivity index (χ1n) is 7.87. The molecule has 0 aromatic rings. The number of carbonyl (C=O) groups is 1. The fourth-order valence-electron chi connectivity index (χ4n) is 2.36. The number of nitroso groups, excluding NO2 is 1. The van der Waals surface area contributed by atoms with Crippen molar-refractivity contribution < 1.29 is 9.22 Å². The number of nitrogens with zero attached hydrogens (tertiary/aromatic N) is 1. The molecule has 5 heteroatoms. The molecule has 4 nitrogen and oxygen atoms in total. The highest BCUT2D eigenvalue weighted by atomic mass is 28.4. The number of rotatable bonds is 6. The fraction of sp³-hybridized carbons (Fsp3) is 0.812. The summed E-state index contributed by atoms with van der Waals surface area (Å²) in [6.07, 6.45) is 7.57. The minimum atomic E-state index is -1.96. The average molecular weight is 311 g/mol. The van der Waals surface area contributed by atoms with Crippen LogP contribution in [-0.4, -0.2) is 20.3 Å². The van der Waals surface area contributed by atoms with Crippen LogP contribution in [0.1, 0.15) is 59.3 Å². The summed E-state index contributed by atoms with van der Waals surface area (Å²) in [5.74, 6) is -0.602. The van der Waals surface area contributed by atoms with Crippen molar-refractivity contribution in [1.29, 1.82) is 0 Å². The van der Waals surface area contributed by atoms with Crippen LogP contribution in [-0.2, 0) is 9.22 Å². The van der Waals surface area contributed by atoms with Gasteiger partial charge in [-0.3, -0.25) is 4.79 Å². The maximum atomic E-state index is 11.4. The van der Waals surface area contributed by atoms with Gasteiger partial charge in [0.25, 0.3) is 5.91 Å². The van der Waals surface area contributed by atoms with Gasteiger partial charge in [0, 0.05) is 5.18 Å². The number of amides is 1. The second-order valence-corrected chi connectivity index (χ2v) is 12.3. The minimum Gasteiger partial charge on any atom is -0.413 e. The molecule has 1 atom stereocenters. The fourth-order valence-corrected chi connectivity index (χ4v) is 3.72. The van der Waals surface area contributed by atoms with E-state index in [0.29, 0.717) is 0 Å². The summed E-state index contributed by atoms with van der Waals surface area (Å²) < 4.78 is 6.36. The van der Waals surface area contributed by atoms with E-state index in [4.69, 9.17) is 4.43 Å². The summed E-state index contributed by atoms with van der Waals surface area (Å²) in [5, 5.41) is 2.63. The Balaban J connectivity index is 2.79. The summed E-state index contributed by atoms with van der Waals surface area (Å²) >= 11 is 0. The van der Waals surface area contributed by atoms with E-state index in [1.54, 1.807) is 0 Å². The van der Waals surface area contributed by atoms with Crippen LogP contribution in [0.25, 0.3) is 0 Å². The Morgan fingerprint density at radius 2 is 2.05 bits per heavy atom. The van der Waals surface area contributed by atoms with Gasteiger partial charge < -0.3 is 4.43 Å². The molecular formula is C16H29NO3Si. The van der Waals surface area contributed by atoms with Crippen LogP contribution < -0.4 is 0 Å². The van der Waals surface area contributed by atoms with E-state index < -0.39 is 14.2 Å². The molecule has 0 heterocycles. The predicted molar refractivity (Wildman–Crippen MR) is 88.7 cm³/mol. The normalized spacial score (nSPS) is 18.0. The van der Waals surface area contributed by atoms with Crippen LogP contribution in [0.3, 0.4) is 0 Å². The number of hydrogen-bond acceptors (Lipinski definition) is 3. The Morgan fingerprint density at radius 1 is 1.38 bits per heavy atom. The average Bonchev–Trinajstić information content (AvgIpc) is 2.37. The van der Waals surface area contributed by atoms with Gasteiger partial charge in [0.15, 0.2) is 8.32 Å². The summed E-state index contributed by atoms with van der Waals surface area (Å²) in [6.45, 7) is 10.9. The van der Waals surface area contributed by atoms with Gasteiger partial charge in [-0.05, 0) is 50.2 Å². The van der Waals surface area contributed by atoms with E-state index in [1.807, 2.05) is 0 Å². The van der Waals surface area contributed by atoms with Crippen LogP contribution >= 0.6 is 0 Å². The van der Waals surface area contributed by atoms with Crippen molar-refractivity contribution in [1.82, 2.24) is 0 Å². The molecular weight excluding hydrogens is 282 g/mol. The molecule has 0 aromatic heterocycles. The summed E-state index contributed by atoms with van der Waals surface area (Å²) in [6, 6.07) is 0. The van der Waals surface area contributed by atoms with Gasteiger partial charge in [-0.2, -0.15) is 0 Å². The van der Waals surface area contributed by atoms with E-state index in [9.17, 15) is 9.70 Å². The van der Waals surface area contributed by atoms with Crippen molar-refractivity contribution in [2.45, 2.75) is 83.5 Å². The lowest BCUT2D eigenvalue weighted by molar-refractivity contribution is -0.119. The van der Waals surface area contributed by atoms with Gasteiger partial charge in [0.1, 0.15) is 0 Å². The van der Waals surface area contributed by atoms with Gasteiger partial charge >= 0.3 is 0 Å². The van der Waals surface area contributed by atoms with E-state index in [0.717, 1.165) is 19.3 Å². The molecule has 0 bridgehead atoms. The van der Waals surface area contributed by atoms with Crippen molar-refractivity contribution >= 4 is 14.2 Å². The molecule has 21 heavy (non-hydrogen) atoms. The Morgan fingerprint density at radius 3 is 2.52 bits per heavy atom. The number of hydrogen-bond donors (Lipinski definition) is 0. The molecule has 0 aliphatic heterocycles. The second-order valence-electron chi connectivity index (χ2n) is 7.50. The SMILES string of the molecule is CC(C)(C)[Si](C)(C)OC(CC(=O)N=O)CC1=CCCCC1.